The fourth-order valence-corrected chi connectivity index (χ4v) is 4.71. The number of allylic oxidation sites excluding steroid dienone is 8. The number of fused-ring (bicyclic) bond motifs is 2. The Labute approximate surface area is 289 Å². The number of hydrogen-bond acceptors (Lipinski definition) is 0. The first kappa shape index (κ1) is 34.1. The van der Waals surface area contributed by atoms with Gasteiger partial charge in [-0.1, -0.05) is 123 Å². The Morgan fingerprint density at radius 1 is 0.474 bits per heavy atom. The van der Waals surface area contributed by atoms with E-state index in [4.69, 9.17) is 0 Å². The summed E-state index contributed by atoms with van der Waals surface area (Å²) in [6.07, 6.45) is 21.7. The predicted octanol–water partition coefficient (Wildman–Crippen LogP) is 10.9. The summed E-state index contributed by atoms with van der Waals surface area (Å²) >= 11 is 9.38. The van der Waals surface area contributed by atoms with Crippen LogP contribution >= 0.6 is 79.0 Å². The standard InChI is InChI=1S/2C16H13.4HI.2Rh/c2*1-12-11-14-9-5-6-10-15(14)16(12)13-7-3-2-4-8-13;;;;;;/h2*2-11H,1H3;4*1H;;/q;;;;;;2*+2/p-4. The number of halogens is 4. The molecule has 6 rings (SSSR count). The van der Waals surface area contributed by atoms with Gasteiger partial charge in [0.15, 0.2) is 0 Å². The van der Waals surface area contributed by atoms with E-state index in [0.717, 1.165) is 20.2 Å². The SMILES string of the molecule is C[C]1[CH][C]2C=CC=C[C]2[C]1c1ccccc1.C[C]1[CH][C]2C=CC=C[C]2[C]1c1ccccc1.[I][Rh][I].[I][Rh][I]. The summed E-state index contributed by atoms with van der Waals surface area (Å²) in [5.74, 6) is 10.8. The van der Waals surface area contributed by atoms with Crippen LogP contribution in [0, 0.1) is 60.2 Å². The third-order valence-corrected chi connectivity index (χ3v) is 6.12. The van der Waals surface area contributed by atoms with Crippen LogP contribution in [0.3, 0.4) is 0 Å². The van der Waals surface area contributed by atoms with Gasteiger partial charge in [0, 0.05) is 35.5 Å². The van der Waals surface area contributed by atoms with Crippen LogP contribution in [-0.4, -0.2) is 0 Å². The van der Waals surface area contributed by atoms with Gasteiger partial charge in [0.2, 0.25) is 0 Å². The second kappa shape index (κ2) is 19.0. The Morgan fingerprint density at radius 3 is 1.13 bits per heavy atom. The van der Waals surface area contributed by atoms with Crippen molar-refractivity contribution >= 4 is 79.0 Å². The van der Waals surface area contributed by atoms with Crippen molar-refractivity contribution < 1.29 is 20.2 Å². The van der Waals surface area contributed by atoms with Crippen LogP contribution in [0.5, 0.6) is 0 Å². The summed E-state index contributed by atoms with van der Waals surface area (Å²) in [6.45, 7) is 4.37. The molecule has 0 aliphatic heterocycles. The Hall–Kier alpha value is 1.57. The molecule has 0 amide bonds. The van der Waals surface area contributed by atoms with Gasteiger partial charge >= 0.3 is 99.2 Å². The van der Waals surface area contributed by atoms with Gasteiger partial charge in [-0.3, -0.25) is 0 Å². The first-order valence-corrected chi connectivity index (χ1v) is 31.1. The van der Waals surface area contributed by atoms with Crippen LogP contribution in [0.1, 0.15) is 25.0 Å². The molecule has 0 heterocycles. The topological polar surface area (TPSA) is 0 Å². The van der Waals surface area contributed by atoms with Gasteiger partial charge in [0.05, 0.1) is 0 Å². The van der Waals surface area contributed by atoms with Gasteiger partial charge in [0.25, 0.3) is 0 Å². The van der Waals surface area contributed by atoms with Gasteiger partial charge < -0.3 is 0 Å². The molecule has 38 heavy (non-hydrogen) atoms. The van der Waals surface area contributed by atoms with Crippen molar-refractivity contribution in [1.29, 1.82) is 0 Å². The van der Waals surface area contributed by atoms with Crippen molar-refractivity contribution in [2.45, 2.75) is 13.8 Å². The quantitative estimate of drug-likeness (QED) is 0.208. The van der Waals surface area contributed by atoms with Crippen LogP contribution in [0.15, 0.2) is 109 Å². The van der Waals surface area contributed by atoms with E-state index in [2.05, 4.69) is 215 Å². The first-order valence-electron chi connectivity index (χ1n) is 11.6. The van der Waals surface area contributed by atoms with Gasteiger partial charge in [0.1, 0.15) is 0 Å². The molecule has 0 unspecified atom stereocenters. The van der Waals surface area contributed by atoms with Crippen molar-refractivity contribution in [3.63, 3.8) is 0 Å². The molecular weight excluding hydrogens is 1100 g/mol. The molecular formula is C32H26I4Rh2. The Bertz CT molecular complexity index is 968. The van der Waals surface area contributed by atoms with E-state index >= 15 is 0 Å². The molecule has 0 spiro atoms. The fraction of sp³-hybridized carbons (Fsp3) is 0.0625. The summed E-state index contributed by atoms with van der Waals surface area (Å²) in [5, 5.41) is 0. The number of benzene rings is 2. The van der Waals surface area contributed by atoms with Gasteiger partial charge in [-0.2, -0.15) is 0 Å². The molecule has 200 valence electrons. The minimum atomic E-state index is 0.770. The van der Waals surface area contributed by atoms with E-state index in [0.29, 0.717) is 0 Å². The first-order chi connectivity index (χ1) is 18.5. The molecule has 4 aliphatic rings. The maximum atomic E-state index is 2.35. The molecule has 6 heteroatoms. The van der Waals surface area contributed by atoms with E-state index in [-0.39, 0.29) is 0 Å². The van der Waals surface area contributed by atoms with Gasteiger partial charge in [-0.05, 0) is 35.8 Å². The van der Waals surface area contributed by atoms with E-state index < -0.39 is 0 Å². The normalized spacial score (nSPS) is 20.4. The molecule has 2 saturated carbocycles. The molecule has 2 aromatic rings. The fourth-order valence-electron chi connectivity index (χ4n) is 4.71. The van der Waals surface area contributed by atoms with Crippen molar-refractivity contribution in [1.82, 2.24) is 0 Å². The molecule has 4 aliphatic carbocycles. The average molecular weight is 1120 g/mol. The summed E-state index contributed by atoms with van der Waals surface area (Å²) in [6, 6.07) is 21.2. The molecule has 0 atom stereocenters. The molecule has 0 nitrogen and oxygen atoms in total. The van der Waals surface area contributed by atoms with Crippen molar-refractivity contribution in [3.05, 3.63) is 181 Å². The number of hydrogen-bond donors (Lipinski definition) is 0. The third-order valence-electron chi connectivity index (χ3n) is 6.12. The van der Waals surface area contributed by atoms with Crippen molar-refractivity contribution in [2.24, 2.45) is 0 Å². The Kier molecular flexibility index (Phi) is 17.0. The van der Waals surface area contributed by atoms with E-state index in [1.165, 1.54) is 58.5 Å². The van der Waals surface area contributed by atoms with Crippen LogP contribution < -0.4 is 0 Å². The zero-order valence-corrected chi connectivity index (χ0v) is 32.6. The van der Waals surface area contributed by atoms with E-state index in [1.54, 1.807) is 0 Å². The molecule has 0 N–H and O–H groups in total. The minimum absolute atomic E-state index is 0.770. The second-order valence-electron chi connectivity index (χ2n) is 8.41. The monoisotopic (exact) mass is 1120 g/mol. The predicted molar refractivity (Wildman–Crippen MR) is 190 cm³/mol. The van der Waals surface area contributed by atoms with Crippen LogP contribution in [0.2, 0.25) is 0 Å². The summed E-state index contributed by atoms with van der Waals surface area (Å²) in [5.41, 5.74) is 2.61. The summed E-state index contributed by atoms with van der Waals surface area (Å²) < 4.78 is 0. The average Bonchev–Trinajstić information content (AvgIpc) is 3.46. The molecule has 0 bridgehead atoms. The summed E-state index contributed by atoms with van der Waals surface area (Å²) in [4.78, 5) is 0. The van der Waals surface area contributed by atoms with Crippen molar-refractivity contribution in [3.8, 4) is 0 Å². The van der Waals surface area contributed by atoms with Crippen molar-refractivity contribution in [2.75, 3.05) is 0 Å². The molecule has 10 radical (unpaired) electrons. The maximum absolute atomic E-state index is 2.35. The van der Waals surface area contributed by atoms with E-state index in [1.807, 2.05) is 0 Å². The summed E-state index contributed by atoms with van der Waals surface area (Å²) in [7, 11) is 1.54. The van der Waals surface area contributed by atoms with Crippen LogP contribution in [-0.2, 0) is 20.2 Å². The zero-order valence-electron chi connectivity index (χ0n) is 20.7. The molecule has 2 aromatic carbocycles. The Morgan fingerprint density at radius 2 is 0.789 bits per heavy atom. The van der Waals surface area contributed by atoms with Crippen LogP contribution in [0.4, 0.5) is 0 Å². The molecule has 2 fully saturated rings. The van der Waals surface area contributed by atoms with Crippen LogP contribution in [0.25, 0.3) is 0 Å². The van der Waals surface area contributed by atoms with E-state index in [9.17, 15) is 0 Å². The zero-order chi connectivity index (χ0) is 27.3. The Balaban J connectivity index is 0.000000175. The van der Waals surface area contributed by atoms with Gasteiger partial charge in [-0.25, -0.2) is 0 Å². The number of rotatable bonds is 2. The van der Waals surface area contributed by atoms with Gasteiger partial charge in [-0.15, -0.1) is 0 Å². The third kappa shape index (κ3) is 9.81. The molecule has 0 saturated heterocycles. The molecule has 0 aromatic heterocycles. The second-order valence-corrected chi connectivity index (χ2v) is 33.7.